The zero-order valence-corrected chi connectivity index (χ0v) is 10.7. The van der Waals surface area contributed by atoms with Gasteiger partial charge in [-0.3, -0.25) is 5.43 Å². The van der Waals surface area contributed by atoms with E-state index in [9.17, 15) is 4.39 Å². The van der Waals surface area contributed by atoms with Gasteiger partial charge in [-0.25, -0.2) is 9.82 Å². The van der Waals surface area contributed by atoms with Crippen LogP contribution in [0.15, 0.2) is 24.3 Å². The molecule has 2 saturated heterocycles. The molecular formula is C14H20FN3. The maximum Gasteiger partial charge on any atom is 0.123 e. The van der Waals surface area contributed by atoms with Crippen LogP contribution in [0.5, 0.6) is 0 Å². The summed E-state index contributed by atoms with van der Waals surface area (Å²) in [5.74, 6) is 0.407. The quantitative estimate of drug-likeness (QED) is 0.835. The van der Waals surface area contributed by atoms with Gasteiger partial charge in [0, 0.05) is 18.5 Å². The average Bonchev–Trinajstić information content (AvgIpc) is 2.82. The summed E-state index contributed by atoms with van der Waals surface area (Å²) < 4.78 is 13.0. The normalized spacial score (nSPS) is 32.4. The number of hydrazine groups is 1. The molecule has 2 aliphatic rings. The minimum Gasteiger partial charge on any atom is -0.303 e. The van der Waals surface area contributed by atoms with Crippen LogP contribution in [-0.2, 0) is 0 Å². The molecule has 3 atom stereocenters. The summed E-state index contributed by atoms with van der Waals surface area (Å²) in [5.41, 5.74) is 7.95. The number of likely N-dealkylation sites (tertiary alicyclic amines) is 1. The number of rotatable bonds is 2. The van der Waals surface area contributed by atoms with Crippen molar-refractivity contribution < 1.29 is 4.39 Å². The number of nitrogens with one attached hydrogen (secondary N) is 2. The van der Waals surface area contributed by atoms with Crippen molar-refractivity contribution in [1.82, 2.24) is 15.8 Å². The molecule has 98 valence electrons. The minimum atomic E-state index is -0.167. The third kappa shape index (κ3) is 2.16. The van der Waals surface area contributed by atoms with E-state index in [-0.39, 0.29) is 5.82 Å². The van der Waals surface area contributed by atoms with Crippen molar-refractivity contribution in [3.05, 3.63) is 35.6 Å². The molecule has 0 spiro atoms. The molecule has 3 rings (SSSR count). The van der Waals surface area contributed by atoms with Crippen molar-refractivity contribution in [2.24, 2.45) is 5.92 Å². The predicted octanol–water partition coefficient (Wildman–Crippen LogP) is 1.68. The first-order valence-corrected chi connectivity index (χ1v) is 6.77. The fourth-order valence-corrected chi connectivity index (χ4v) is 3.16. The highest BCUT2D eigenvalue weighted by Gasteiger charge is 2.39. The Morgan fingerprint density at radius 1 is 1.28 bits per heavy atom. The van der Waals surface area contributed by atoms with Crippen LogP contribution in [0.3, 0.4) is 0 Å². The van der Waals surface area contributed by atoms with Crippen molar-refractivity contribution >= 4 is 0 Å². The maximum atomic E-state index is 13.0. The molecule has 2 N–H and O–H groups in total. The third-order valence-electron chi connectivity index (χ3n) is 4.27. The molecule has 0 aliphatic carbocycles. The number of nitrogens with zero attached hydrogens (tertiary/aromatic N) is 1. The Hall–Kier alpha value is -0.970. The highest BCUT2D eigenvalue weighted by atomic mass is 19.1. The first kappa shape index (κ1) is 12.1. The lowest BCUT2D eigenvalue weighted by Crippen LogP contribution is -2.45. The van der Waals surface area contributed by atoms with Gasteiger partial charge in [-0.15, -0.1) is 0 Å². The Kier molecular flexibility index (Phi) is 3.33. The molecule has 0 bridgehead atoms. The standard InChI is InChI=1S/C14H20FN3/c1-2-18-8-7-13-12(9-18)14(17-16-13)10-3-5-11(15)6-4-10/h3-6,12-14,16-17H,2,7-9H2,1H3. The van der Waals surface area contributed by atoms with Gasteiger partial charge in [-0.1, -0.05) is 19.1 Å². The summed E-state index contributed by atoms with van der Waals surface area (Å²) in [5, 5.41) is 0. The lowest BCUT2D eigenvalue weighted by molar-refractivity contribution is 0.162. The molecule has 2 fully saturated rings. The molecule has 2 heterocycles. The average molecular weight is 249 g/mol. The van der Waals surface area contributed by atoms with Gasteiger partial charge in [-0.2, -0.15) is 0 Å². The van der Waals surface area contributed by atoms with E-state index in [1.807, 2.05) is 12.1 Å². The lowest BCUT2D eigenvalue weighted by Gasteiger charge is -2.35. The summed E-state index contributed by atoms with van der Waals surface area (Å²) in [6.07, 6.45) is 1.18. The molecule has 1 aromatic carbocycles. The van der Waals surface area contributed by atoms with Gasteiger partial charge in [0.2, 0.25) is 0 Å². The third-order valence-corrected chi connectivity index (χ3v) is 4.27. The van der Waals surface area contributed by atoms with Gasteiger partial charge in [0.15, 0.2) is 0 Å². The zero-order chi connectivity index (χ0) is 12.5. The van der Waals surface area contributed by atoms with Crippen LogP contribution in [0.25, 0.3) is 0 Å². The fourth-order valence-electron chi connectivity index (χ4n) is 3.16. The number of piperidine rings is 1. The van der Waals surface area contributed by atoms with E-state index >= 15 is 0 Å². The van der Waals surface area contributed by atoms with Crippen LogP contribution in [0.1, 0.15) is 24.9 Å². The van der Waals surface area contributed by atoms with E-state index in [0.717, 1.165) is 13.1 Å². The zero-order valence-electron chi connectivity index (χ0n) is 10.7. The van der Waals surface area contributed by atoms with Crippen LogP contribution in [-0.4, -0.2) is 30.6 Å². The van der Waals surface area contributed by atoms with E-state index < -0.39 is 0 Å². The molecule has 0 saturated carbocycles. The van der Waals surface area contributed by atoms with Gasteiger partial charge in [0.05, 0.1) is 6.04 Å². The summed E-state index contributed by atoms with van der Waals surface area (Å²) in [6.45, 7) is 5.61. The first-order chi connectivity index (χ1) is 8.78. The van der Waals surface area contributed by atoms with Gasteiger partial charge in [0.25, 0.3) is 0 Å². The molecule has 0 amide bonds. The van der Waals surface area contributed by atoms with E-state index in [0.29, 0.717) is 18.0 Å². The van der Waals surface area contributed by atoms with Gasteiger partial charge in [-0.05, 0) is 37.2 Å². The van der Waals surface area contributed by atoms with Crippen LogP contribution in [0.2, 0.25) is 0 Å². The Bertz CT molecular complexity index is 406. The number of fused-ring (bicyclic) bond motifs is 1. The maximum absolute atomic E-state index is 13.0. The van der Waals surface area contributed by atoms with E-state index in [1.54, 1.807) is 12.1 Å². The molecule has 2 aliphatic heterocycles. The van der Waals surface area contributed by atoms with E-state index in [2.05, 4.69) is 22.7 Å². The van der Waals surface area contributed by atoms with Gasteiger partial charge < -0.3 is 4.90 Å². The predicted molar refractivity (Wildman–Crippen MR) is 69.4 cm³/mol. The first-order valence-electron chi connectivity index (χ1n) is 6.77. The highest BCUT2D eigenvalue weighted by molar-refractivity contribution is 5.22. The monoisotopic (exact) mass is 249 g/mol. The Labute approximate surface area is 107 Å². The summed E-state index contributed by atoms with van der Waals surface area (Å²) >= 11 is 0. The fraction of sp³-hybridized carbons (Fsp3) is 0.571. The second kappa shape index (κ2) is 4.96. The topological polar surface area (TPSA) is 27.3 Å². The largest absolute Gasteiger partial charge is 0.303 e. The molecular weight excluding hydrogens is 229 g/mol. The SMILES string of the molecule is CCN1CCC2NNC(c3ccc(F)cc3)C2C1. The number of hydrogen-bond acceptors (Lipinski definition) is 3. The van der Waals surface area contributed by atoms with Crippen molar-refractivity contribution in [1.29, 1.82) is 0 Å². The molecule has 0 aromatic heterocycles. The van der Waals surface area contributed by atoms with Crippen LogP contribution in [0, 0.1) is 11.7 Å². The Morgan fingerprint density at radius 3 is 2.78 bits per heavy atom. The smallest absolute Gasteiger partial charge is 0.123 e. The second-order valence-corrected chi connectivity index (χ2v) is 5.27. The molecule has 0 radical (unpaired) electrons. The molecule has 3 nitrogen and oxygen atoms in total. The molecule has 3 unspecified atom stereocenters. The highest BCUT2D eigenvalue weighted by Crippen LogP contribution is 2.33. The van der Waals surface area contributed by atoms with Crippen molar-refractivity contribution in [2.45, 2.75) is 25.4 Å². The van der Waals surface area contributed by atoms with Crippen LogP contribution < -0.4 is 10.9 Å². The summed E-state index contributed by atoms with van der Waals surface area (Å²) in [7, 11) is 0. The van der Waals surface area contributed by atoms with Crippen molar-refractivity contribution in [3.8, 4) is 0 Å². The van der Waals surface area contributed by atoms with Gasteiger partial charge >= 0.3 is 0 Å². The number of hydrogen-bond donors (Lipinski definition) is 2. The Balaban J connectivity index is 1.78. The second-order valence-electron chi connectivity index (χ2n) is 5.27. The van der Waals surface area contributed by atoms with Crippen LogP contribution >= 0.6 is 0 Å². The summed E-state index contributed by atoms with van der Waals surface area (Å²) in [6, 6.07) is 7.71. The van der Waals surface area contributed by atoms with E-state index in [1.165, 1.54) is 18.5 Å². The lowest BCUT2D eigenvalue weighted by atomic mass is 9.85. The number of halogens is 1. The minimum absolute atomic E-state index is 0.167. The summed E-state index contributed by atoms with van der Waals surface area (Å²) in [4.78, 5) is 2.49. The Morgan fingerprint density at radius 2 is 2.06 bits per heavy atom. The molecule has 1 aromatic rings. The van der Waals surface area contributed by atoms with Crippen LogP contribution in [0.4, 0.5) is 4.39 Å². The van der Waals surface area contributed by atoms with Crippen molar-refractivity contribution in [2.75, 3.05) is 19.6 Å². The molecule has 4 heteroatoms. The molecule has 18 heavy (non-hydrogen) atoms. The number of benzene rings is 1. The van der Waals surface area contributed by atoms with Gasteiger partial charge in [0.1, 0.15) is 5.82 Å². The van der Waals surface area contributed by atoms with Crippen molar-refractivity contribution in [3.63, 3.8) is 0 Å². The van der Waals surface area contributed by atoms with E-state index in [4.69, 9.17) is 0 Å².